The molecule has 1 aliphatic heterocycles. The van der Waals surface area contributed by atoms with Gasteiger partial charge in [0, 0.05) is 38.1 Å². The maximum Gasteiger partial charge on any atom is 0.148 e. The number of hydrogen-bond donors (Lipinski definition) is 1. The summed E-state index contributed by atoms with van der Waals surface area (Å²) in [5, 5.41) is 12.6. The Kier molecular flexibility index (Phi) is 7.94. The first kappa shape index (κ1) is 20.7. The van der Waals surface area contributed by atoms with E-state index in [1.54, 1.807) is 18.3 Å². The summed E-state index contributed by atoms with van der Waals surface area (Å²) in [6, 6.07) is 5.85. The average molecular weight is 373 g/mol. The molecule has 134 valence electrons. The quantitative estimate of drug-likeness (QED) is 0.787. The van der Waals surface area contributed by atoms with Crippen LogP contribution in [0.25, 0.3) is 0 Å². The Labute approximate surface area is 150 Å². The van der Waals surface area contributed by atoms with Gasteiger partial charge in [0.1, 0.15) is 21.7 Å². The molecule has 1 N–H and O–H groups in total. The first-order chi connectivity index (χ1) is 10.9. The lowest BCUT2D eigenvalue weighted by molar-refractivity contribution is 0.338. The Hall–Kier alpha value is -1.36. The molecule has 1 aromatic rings. The highest BCUT2D eigenvalue weighted by molar-refractivity contribution is 7.90. The number of halogens is 1. The smallest absolute Gasteiger partial charge is 0.148 e. The van der Waals surface area contributed by atoms with E-state index in [1.165, 1.54) is 6.26 Å². The number of anilines is 1. The molecule has 2 heterocycles. The third-order valence-corrected chi connectivity index (χ3v) is 5.13. The lowest BCUT2D eigenvalue weighted by Crippen LogP contribution is -2.31. The SMILES string of the molecule is CCC[C@H]1CN(CCS(C)(=O)=O)C[C@@H]1Nc1ncccc1C#N.Cl. The van der Waals surface area contributed by atoms with Crippen LogP contribution in [0.5, 0.6) is 0 Å². The molecule has 1 aromatic heterocycles. The fourth-order valence-electron chi connectivity index (χ4n) is 3.05. The molecule has 0 aromatic carbocycles. The molecular formula is C16H25ClN4O2S. The molecule has 2 rings (SSSR count). The van der Waals surface area contributed by atoms with Gasteiger partial charge < -0.3 is 5.32 Å². The van der Waals surface area contributed by atoms with E-state index in [0.717, 1.165) is 25.9 Å². The van der Waals surface area contributed by atoms with Crippen LogP contribution >= 0.6 is 12.4 Å². The molecule has 0 saturated carbocycles. The van der Waals surface area contributed by atoms with Crippen LogP contribution in [0.4, 0.5) is 5.82 Å². The Morgan fingerprint density at radius 2 is 2.21 bits per heavy atom. The number of rotatable bonds is 7. The molecule has 8 heteroatoms. The van der Waals surface area contributed by atoms with E-state index in [0.29, 0.717) is 23.8 Å². The molecule has 1 fully saturated rings. The van der Waals surface area contributed by atoms with Gasteiger partial charge in [0.15, 0.2) is 0 Å². The van der Waals surface area contributed by atoms with E-state index < -0.39 is 9.84 Å². The lowest BCUT2D eigenvalue weighted by atomic mass is 9.98. The van der Waals surface area contributed by atoms with Gasteiger partial charge in [0.05, 0.1) is 11.3 Å². The highest BCUT2D eigenvalue weighted by Crippen LogP contribution is 2.25. The van der Waals surface area contributed by atoms with Gasteiger partial charge in [-0.05, 0) is 24.5 Å². The van der Waals surface area contributed by atoms with Crippen molar-refractivity contribution in [1.29, 1.82) is 5.26 Å². The van der Waals surface area contributed by atoms with Gasteiger partial charge in [-0.25, -0.2) is 13.4 Å². The van der Waals surface area contributed by atoms with Crippen LogP contribution in [0.1, 0.15) is 25.3 Å². The normalized spacial score (nSPS) is 21.0. The largest absolute Gasteiger partial charge is 0.365 e. The highest BCUT2D eigenvalue weighted by atomic mass is 35.5. The van der Waals surface area contributed by atoms with E-state index >= 15 is 0 Å². The molecule has 0 amide bonds. The Bertz CT molecular complexity index is 675. The van der Waals surface area contributed by atoms with Crippen LogP contribution in [0.15, 0.2) is 18.3 Å². The van der Waals surface area contributed by atoms with Crippen molar-refractivity contribution in [3.05, 3.63) is 23.9 Å². The Morgan fingerprint density at radius 1 is 1.46 bits per heavy atom. The van der Waals surface area contributed by atoms with Crippen molar-refractivity contribution in [2.75, 3.05) is 37.0 Å². The highest BCUT2D eigenvalue weighted by Gasteiger charge is 2.32. The van der Waals surface area contributed by atoms with E-state index in [2.05, 4.69) is 28.2 Å². The molecular weight excluding hydrogens is 348 g/mol. The first-order valence-corrected chi connectivity index (χ1v) is 10.0. The number of pyridine rings is 1. The minimum absolute atomic E-state index is 0. The predicted octanol–water partition coefficient (Wildman–Crippen LogP) is 1.93. The van der Waals surface area contributed by atoms with Crippen LogP contribution in [0.3, 0.4) is 0 Å². The summed E-state index contributed by atoms with van der Waals surface area (Å²) in [6.45, 7) is 4.37. The summed E-state index contributed by atoms with van der Waals surface area (Å²) >= 11 is 0. The molecule has 1 aliphatic rings. The minimum Gasteiger partial charge on any atom is -0.365 e. The third kappa shape index (κ3) is 5.93. The van der Waals surface area contributed by atoms with Crippen molar-refractivity contribution in [1.82, 2.24) is 9.88 Å². The number of likely N-dealkylation sites (tertiary alicyclic amines) is 1. The number of nitriles is 1. The predicted molar refractivity (Wildman–Crippen MR) is 98.2 cm³/mol. The van der Waals surface area contributed by atoms with Gasteiger partial charge >= 0.3 is 0 Å². The Morgan fingerprint density at radius 3 is 2.83 bits per heavy atom. The average Bonchev–Trinajstić information content (AvgIpc) is 2.88. The molecule has 1 saturated heterocycles. The first-order valence-electron chi connectivity index (χ1n) is 7.94. The number of aromatic nitrogens is 1. The zero-order valence-corrected chi connectivity index (χ0v) is 15.7. The lowest BCUT2D eigenvalue weighted by Gasteiger charge is -2.20. The number of sulfone groups is 1. The summed E-state index contributed by atoms with van der Waals surface area (Å²) in [4.78, 5) is 6.46. The van der Waals surface area contributed by atoms with Gasteiger partial charge in [-0.3, -0.25) is 4.90 Å². The van der Waals surface area contributed by atoms with Crippen molar-refractivity contribution in [2.45, 2.75) is 25.8 Å². The van der Waals surface area contributed by atoms with E-state index in [-0.39, 0.29) is 24.2 Å². The molecule has 2 atom stereocenters. The van der Waals surface area contributed by atoms with Crippen LogP contribution in [-0.4, -0.2) is 56.0 Å². The van der Waals surface area contributed by atoms with Crippen LogP contribution in [-0.2, 0) is 9.84 Å². The standard InChI is InChI=1S/C16H24N4O2S.ClH/c1-3-5-14-11-20(8-9-23(2,21)22)12-15(14)19-16-13(10-17)6-4-7-18-16;/h4,6-7,14-15H,3,5,8-9,11-12H2,1-2H3,(H,18,19);1H/t14-,15-;/m0./s1. The third-order valence-electron chi connectivity index (χ3n) is 4.20. The van der Waals surface area contributed by atoms with Gasteiger partial charge in [-0.15, -0.1) is 12.4 Å². The minimum atomic E-state index is -2.95. The summed E-state index contributed by atoms with van der Waals surface area (Å²) in [5.74, 6) is 1.24. The summed E-state index contributed by atoms with van der Waals surface area (Å²) < 4.78 is 22.7. The molecule has 0 aliphatic carbocycles. The van der Waals surface area contributed by atoms with Gasteiger partial charge in [-0.1, -0.05) is 13.3 Å². The summed E-state index contributed by atoms with van der Waals surface area (Å²) in [7, 11) is -2.95. The fourth-order valence-corrected chi connectivity index (χ4v) is 3.64. The molecule has 0 radical (unpaired) electrons. The molecule has 0 unspecified atom stereocenters. The van der Waals surface area contributed by atoms with Crippen molar-refractivity contribution < 1.29 is 8.42 Å². The second kappa shape index (κ2) is 9.21. The van der Waals surface area contributed by atoms with Crippen LogP contribution in [0, 0.1) is 17.2 Å². The van der Waals surface area contributed by atoms with Gasteiger partial charge in [0.2, 0.25) is 0 Å². The van der Waals surface area contributed by atoms with E-state index in [9.17, 15) is 13.7 Å². The Balaban J connectivity index is 0.00000288. The number of hydrogen-bond acceptors (Lipinski definition) is 6. The van der Waals surface area contributed by atoms with E-state index in [4.69, 9.17) is 0 Å². The van der Waals surface area contributed by atoms with Crippen LogP contribution < -0.4 is 5.32 Å². The molecule has 24 heavy (non-hydrogen) atoms. The zero-order valence-electron chi connectivity index (χ0n) is 14.1. The van der Waals surface area contributed by atoms with Crippen LogP contribution in [0.2, 0.25) is 0 Å². The second-order valence-corrected chi connectivity index (χ2v) is 8.46. The van der Waals surface area contributed by atoms with E-state index in [1.807, 2.05) is 0 Å². The topological polar surface area (TPSA) is 86.1 Å². The molecule has 6 nitrogen and oxygen atoms in total. The van der Waals surface area contributed by atoms with Crippen molar-refractivity contribution >= 4 is 28.1 Å². The molecule has 0 spiro atoms. The summed E-state index contributed by atoms with van der Waals surface area (Å²) in [6.07, 6.45) is 5.10. The van der Waals surface area contributed by atoms with Crippen molar-refractivity contribution in [3.63, 3.8) is 0 Å². The molecule has 0 bridgehead atoms. The second-order valence-electron chi connectivity index (χ2n) is 6.20. The zero-order chi connectivity index (χ0) is 16.9. The van der Waals surface area contributed by atoms with Crippen molar-refractivity contribution in [2.24, 2.45) is 5.92 Å². The number of nitrogens with one attached hydrogen (secondary N) is 1. The maximum atomic E-state index is 11.4. The maximum absolute atomic E-state index is 11.4. The monoisotopic (exact) mass is 372 g/mol. The van der Waals surface area contributed by atoms with Gasteiger partial charge in [0.25, 0.3) is 0 Å². The van der Waals surface area contributed by atoms with Gasteiger partial charge in [-0.2, -0.15) is 5.26 Å². The summed E-state index contributed by atoms with van der Waals surface area (Å²) in [5.41, 5.74) is 0.539. The fraction of sp³-hybridized carbons (Fsp3) is 0.625. The van der Waals surface area contributed by atoms with Crippen molar-refractivity contribution in [3.8, 4) is 6.07 Å². The number of nitrogens with zero attached hydrogens (tertiary/aromatic N) is 3.